The first-order chi connectivity index (χ1) is 11.8. The van der Waals surface area contributed by atoms with Gasteiger partial charge in [-0.15, -0.1) is 0 Å². The minimum absolute atomic E-state index is 0.107. The van der Waals surface area contributed by atoms with Gasteiger partial charge >= 0.3 is 0 Å². The third-order valence-electron chi connectivity index (χ3n) is 3.90. The Hall–Kier alpha value is -2.33. The van der Waals surface area contributed by atoms with Crippen LogP contribution < -0.4 is 10.2 Å². The van der Waals surface area contributed by atoms with Crippen LogP contribution >= 0.6 is 11.6 Å². The number of carbonyl (C=O) groups is 2. The Bertz CT molecular complexity index is 782. The molecule has 2 amide bonds. The van der Waals surface area contributed by atoms with Crippen LogP contribution in [0.1, 0.15) is 30.0 Å². The number of rotatable bonds is 5. The number of nitrogens with one attached hydrogen (secondary N) is 1. The van der Waals surface area contributed by atoms with Crippen molar-refractivity contribution in [3.05, 3.63) is 58.1 Å². The van der Waals surface area contributed by atoms with Crippen LogP contribution in [0.3, 0.4) is 0 Å². The highest BCUT2D eigenvalue weighted by molar-refractivity contribution is 6.30. The molecule has 25 heavy (non-hydrogen) atoms. The summed E-state index contributed by atoms with van der Waals surface area (Å²) in [5.41, 5.74) is 4.64. The highest BCUT2D eigenvalue weighted by atomic mass is 35.5. The number of anilines is 2. The molecule has 132 valence electrons. The SMILES string of the molecule is CC(=O)N(CCC(=O)Nc1cc(C)cc(C)c1)c1ccc(Cl)cc1C. The van der Waals surface area contributed by atoms with Gasteiger partial charge in [0.15, 0.2) is 0 Å². The maximum absolute atomic E-state index is 12.3. The summed E-state index contributed by atoms with van der Waals surface area (Å²) in [6.07, 6.45) is 0.217. The Morgan fingerprint density at radius 3 is 2.24 bits per heavy atom. The first kappa shape index (κ1) is 19.0. The Morgan fingerprint density at radius 1 is 1.04 bits per heavy atom. The summed E-state index contributed by atoms with van der Waals surface area (Å²) in [5.74, 6) is -0.229. The lowest BCUT2D eigenvalue weighted by molar-refractivity contribution is -0.117. The maximum Gasteiger partial charge on any atom is 0.226 e. The quantitative estimate of drug-likeness (QED) is 0.845. The smallest absolute Gasteiger partial charge is 0.226 e. The van der Waals surface area contributed by atoms with Crippen LogP contribution in [0.2, 0.25) is 5.02 Å². The first-order valence-electron chi connectivity index (χ1n) is 8.18. The average molecular weight is 359 g/mol. The highest BCUT2D eigenvalue weighted by Crippen LogP contribution is 2.24. The molecular weight excluding hydrogens is 336 g/mol. The van der Waals surface area contributed by atoms with Crippen molar-refractivity contribution in [1.29, 1.82) is 0 Å². The van der Waals surface area contributed by atoms with Crippen molar-refractivity contribution in [2.45, 2.75) is 34.1 Å². The zero-order chi connectivity index (χ0) is 18.6. The van der Waals surface area contributed by atoms with Gasteiger partial charge < -0.3 is 10.2 Å². The first-order valence-corrected chi connectivity index (χ1v) is 8.56. The van der Waals surface area contributed by atoms with Crippen molar-refractivity contribution in [2.24, 2.45) is 0 Å². The van der Waals surface area contributed by atoms with E-state index in [0.717, 1.165) is 28.1 Å². The number of aryl methyl sites for hydroxylation is 3. The lowest BCUT2D eigenvalue weighted by Crippen LogP contribution is -2.32. The zero-order valence-electron chi connectivity index (χ0n) is 15.0. The summed E-state index contributed by atoms with van der Waals surface area (Å²) >= 11 is 5.98. The Balaban J connectivity index is 2.05. The largest absolute Gasteiger partial charge is 0.326 e. The molecule has 0 aliphatic heterocycles. The second-order valence-corrected chi connectivity index (χ2v) is 6.71. The van der Waals surface area contributed by atoms with E-state index < -0.39 is 0 Å². The maximum atomic E-state index is 12.3. The molecule has 2 aromatic rings. The molecule has 0 aliphatic carbocycles. The summed E-state index contributed by atoms with van der Waals surface area (Å²) in [6, 6.07) is 11.3. The van der Waals surface area contributed by atoms with E-state index in [0.29, 0.717) is 11.6 Å². The van der Waals surface area contributed by atoms with Gasteiger partial charge in [-0.1, -0.05) is 17.7 Å². The fraction of sp³-hybridized carbons (Fsp3) is 0.300. The van der Waals surface area contributed by atoms with Gasteiger partial charge in [0.2, 0.25) is 11.8 Å². The highest BCUT2D eigenvalue weighted by Gasteiger charge is 2.15. The van der Waals surface area contributed by atoms with E-state index in [1.54, 1.807) is 17.0 Å². The van der Waals surface area contributed by atoms with Crippen molar-refractivity contribution in [1.82, 2.24) is 0 Å². The Morgan fingerprint density at radius 2 is 1.68 bits per heavy atom. The molecule has 0 saturated heterocycles. The van der Waals surface area contributed by atoms with Crippen LogP contribution in [0.15, 0.2) is 36.4 Å². The molecule has 2 rings (SSSR count). The van der Waals surface area contributed by atoms with Crippen molar-refractivity contribution in [2.75, 3.05) is 16.8 Å². The number of benzene rings is 2. The van der Waals surface area contributed by atoms with E-state index in [4.69, 9.17) is 11.6 Å². The van der Waals surface area contributed by atoms with E-state index in [9.17, 15) is 9.59 Å². The standard InChI is InChI=1S/C20H23ClN2O2/c1-13-9-14(2)11-18(10-13)22-20(25)7-8-23(16(4)24)19-6-5-17(21)12-15(19)3/h5-6,9-12H,7-8H2,1-4H3,(H,22,25). The molecule has 0 saturated carbocycles. The van der Waals surface area contributed by atoms with Gasteiger partial charge in [-0.2, -0.15) is 0 Å². The third-order valence-corrected chi connectivity index (χ3v) is 4.13. The minimum Gasteiger partial charge on any atom is -0.326 e. The molecular formula is C20H23ClN2O2. The predicted octanol–water partition coefficient (Wildman–Crippen LogP) is 4.65. The lowest BCUT2D eigenvalue weighted by Gasteiger charge is -2.23. The van der Waals surface area contributed by atoms with Crippen molar-refractivity contribution >= 4 is 34.8 Å². The van der Waals surface area contributed by atoms with Gasteiger partial charge in [0.1, 0.15) is 0 Å². The zero-order valence-corrected chi connectivity index (χ0v) is 15.8. The lowest BCUT2D eigenvalue weighted by atomic mass is 10.1. The van der Waals surface area contributed by atoms with Crippen molar-refractivity contribution in [3.63, 3.8) is 0 Å². The normalized spacial score (nSPS) is 10.4. The van der Waals surface area contributed by atoms with Crippen LogP contribution in [-0.4, -0.2) is 18.4 Å². The second-order valence-electron chi connectivity index (χ2n) is 6.28. The summed E-state index contributed by atoms with van der Waals surface area (Å²) < 4.78 is 0. The number of hydrogen-bond donors (Lipinski definition) is 1. The van der Waals surface area contributed by atoms with Gasteiger partial charge in [0.25, 0.3) is 0 Å². The van der Waals surface area contributed by atoms with Crippen molar-refractivity contribution in [3.8, 4) is 0 Å². The second kappa shape index (κ2) is 8.17. The fourth-order valence-electron chi connectivity index (χ4n) is 2.85. The van der Waals surface area contributed by atoms with Crippen LogP contribution in [0.4, 0.5) is 11.4 Å². The molecule has 2 aromatic carbocycles. The molecule has 0 bridgehead atoms. The van der Waals surface area contributed by atoms with Crippen LogP contribution in [0, 0.1) is 20.8 Å². The molecule has 0 radical (unpaired) electrons. The molecule has 0 aliphatic rings. The van der Waals surface area contributed by atoms with Gasteiger partial charge in [-0.05, 0) is 67.8 Å². The van der Waals surface area contributed by atoms with Gasteiger partial charge in [-0.3, -0.25) is 9.59 Å². The Labute approximate surface area is 153 Å². The molecule has 0 spiro atoms. The molecule has 0 aromatic heterocycles. The number of halogens is 1. The van der Waals surface area contributed by atoms with E-state index in [1.807, 2.05) is 39.0 Å². The van der Waals surface area contributed by atoms with Crippen LogP contribution in [-0.2, 0) is 9.59 Å². The molecule has 5 heteroatoms. The minimum atomic E-state index is -0.122. The number of amides is 2. The van der Waals surface area contributed by atoms with E-state index in [2.05, 4.69) is 11.4 Å². The van der Waals surface area contributed by atoms with Gasteiger partial charge in [0, 0.05) is 36.3 Å². The topological polar surface area (TPSA) is 49.4 Å². The summed E-state index contributed by atoms with van der Waals surface area (Å²) in [6.45, 7) is 7.68. The van der Waals surface area contributed by atoms with Crippen molar-refractivity contribution < 1.29 is 9.59 Å². The summed E-state index contributed by atoms with van der Waals surface area (Å²) in [4.78, 5) is 25.9. The molecule has 1 N–H and O–H groups in total. The predicted molar refractivity (Wildman–Crippen MR) is 103 cm³/mol. The molecule has 0 atom stereocenters. The molecule has 0 heterocycles. The summed E-state index contributed by atoms with van der Waals surface area (Å²) in [5, 5.41) is 3.52. The van der Waals surface area contributed by atoms with Crippen LogP contribution in [0.25, 0.3) is 0 Å². The fourth-order valence-corrected chi connectivity index (χ4v) is 3.08. The molecule has 0 unspecified atom stereocenters. The van der Waals surface area contributed by atoms with E-state index in [1.165, 1.54) is 6.92 Å². The average Bonchev–Trinajstić information content (AvgIpc) is 2.47. The number of hydrogen-bond acceptors (Lipinski definition) is 2. The van der Waals surface area contributed by atoms with Gasteiger partial charge in [0.05, 0.1) is 0 Å². The Kier molecular flexibility index (Phi) is 6.21. The monoisotopic (exact) mass is 358 g/mol. The molecule has 0 fully saturated rings. The summed E-state index contributed by atoms with van der Waals surface area (Å²) in [7, 11) is 0. The van der Waals surface area contributed by atoms with E-state index >= 15 is 0 Å². The molecule has 4 nitrogen and oxygen atoms in total. The van der Waals surface area contributed by atoms with Gasteiger partial charge in [-0.25, -0.2) is 0 Å². The van der Waals surface area contributed by atoms with Crippen LogP contribution in [0.5, 0.6) is 0 Å². The van der Waals surface area contributed by atoms with E-state index in [-0.39, 0.29) is 18.2 Å². The third kappa shape index (κ3) is 5.33. The number of carbonyl (C=O) groups excluding carboxylic acids is 2. The number of nitrogens with zero attached hydrogens (tertiary/aromatic N) is 1.